The third-order valence-corrected chi connectivity index (χ3v) is 4.31. The Balaban J connectivity index is 2.21. The molecule has 0 bridgehead atoms. The predicted octanol–water partition coefficient (Wildman–Crippen LogP) is 3.10. The van der Waals surface area contributed by atoms with Crippen molar-refractivity contribution in [3.63, 3.8) is 0 Å². The van der Waals surface area contributed by atoms with Gasteiger partial charge in [0.05, 0.1) is 7.11 Å². The molecule has 0 amide bonds. The highest BCUT2D eigenvalue weighted by Crippen LogP contribution is 2.34. The number of hydrogen-bond donors (Lipinski definition) is 0. The zero-order valence-corrected chi connectivity index (χ0v) is 12.3. The lowest BCUT2D eigenvalue weighted by atomic mass is 10.1. The lowest BCUT2D eigenvalue weighted by Crippen LogP contribution is -2.24. The molecule has 1 aliphatic heterocycles. The minimum absolute atomic E-state index is 0.135. The van der Waals surface area contributed by atoms with Crippen LogP contribution in [0.5, 0.6) is 11.5 Å². The molecule has 104 valence electrons. The largest absolute Gasteiger partial charge is 0.493 e. The minimum atomic E-state index is 0.135. The number of Topliss-reactive ketones (excluding diaryl/α,β-unsaturated/α-hetero) is 1. The normalized spacial score (nSPS) is 18.9. The predicted molar refractivity (Wildman–Crippen MR) is 78.4 cm³/mol. The Hall–Kier alpha value is -1.16. The van der Waals surface area contributed by atoms with E-state index in [0.717, 1.165) is 23.5 Å². The number of benzene rings is 1. The third kappa shape index (κ3) is 3.90. The molecule has 0 radical (unpaired) electrons. The van der Waals surface area contributed by atoms with E-state index in [-0.39, 0.29) is 11.9 Å². The first-order valence-corrected chi connectivity index (χ1v) is 7.76. The van der Waals surface area contributed by atoms with Crippen molar-refractivity contribution in [3.8, 4) is 11.5 Å². The van der Waals surface area contributed by atoms with Gasteiger partial charge in [0.1, 0.15) is 11.9 Å². The van der Waals surface area contributed by atoms with Crippen molar-refractivity contribution in [2.45, 2.75) is 32.3 Å². The molecule has 1 aromatic carbocycles. The van der Waals surface area contributed by atoms with E-state index in [4.69, 9.17) is 9.47 Å². The van der Waals surface area contributed by atoms with E-state index in [1.165, 1.54) is 12.2 Å². The van der Waals surface area contributed by atoms with Gasteiger partial charge in [-0.3, -0.25) is 4.79 Å². The summed E-state index contributed by atoms with van der Waals surface area (Å²) in [7, 11) is 1.63. The zero-order valence-electron chi connectivity index (χ0n) is 11.5. The fraction of sp³-hybridized carbons (Fsp3) is 0.533. The van der Waals surface area contributed by atoms with Crippen molar-refractivity contribution in [2.75, 3.05) is 18.6 Å². The molecule has 0 saturated carbocycles. The lowest BCUT2D eigenvalue weighted by Gasteiger charge is -2.25. The molecule has 3 nitrogen and oxygen atoms in total. The molecule has 19 heavy (non-hydrogen) atoms. The van der Waals surface area contributed by atoms with Gasteiger partial charge in [0, 0.05) is 17.7 Å². The summed E-state index contributed by atoms with van der Waals surface area (Å²) in [4.78, 5) is 11.4. The number of ether oxygens (including phenoxy) is 2. The van der Waals surface area contributed by atoms with Crippen molar-refractivity contribution in [2.24, 2.45) is 0 Å². The van der Waals surface area contributed by atoms with Crippen LogP contribution < -0.4 is 9.47 Å². The molecule has 1 atom stereocenters. The molecule has 1 saturated heterocycles. The van der Waals surface area contributed by atoms with E-state index in [0.29, 0.717) is 12.2 Å². The van der Waals surface area contributed by atoms with E-state index in [2.05, 4.69) is 0 Å². The standard InChI is InChI=1S/C15H20O3S/c1-11(16)9-12-5-3-7-14(17-2)15(12)18-13-6-4-8-19-10-13/h3,5,7,13H,4,6,8-10H2,1-2H3. The second kappa shape index (κ2) is 6.85. The van der Waals surface area contributed by atoms with Gasteiger partial charge < -0.3 is 9.47 Å². The number of hydrogen-bond acceptors (Lipinski definition) is 4. The first-order valence-electron chi connectivity index (χ1n) is 6.60. The van der Waals surface area contributed by atoms with Crippen molar-refractivity contribution in [1.29, 1.82) is 0 Å². The van der Waals surface area contributed by atoms with Gasteiger partial charge in [-0.05, 0) is 31.6 Å². The van der Waals surface area contributed by atoms with E-state index >= 15 is 0 Å². The SMILES string of the molecule is COc1cccc(CC(C)=O)c1OC1CCCSC1. The molecule has 0 aliphatic carbocycles. The van der Waals surface area contributed by atoms with Crippen LogP contribution in [0.15, 0.2) is 18.2 Å². The molecule has 0 N–H and O–H groups in total. The first kappa shape index (κ1) is 14.3. The van der Waals surface area contributed by atoms with Crippen LogP contribution in [0.1, 0.15) is 25.3 Å². The molecule has 1 heterocycles. The van der Waals surface area contributed by atoms with Gasteiger partial charge in [0.2, 0.25) is 0 Å². The number of rotatable bonds is 5. The fourth-order valence-electron chi connectivity index (χ4n) is 2.23. The summed E-state index contributed by atoms with van der Waals surface area (Å²) in [6, 6.07) is 5.73. The molecule has 0 aromatic heterocycles. The van der Waals surface area contributed by atoms with E-state index in [1.54, 1.807) is 14.0 Å². The van der Waals surface area contributed by atoms with Gasteiger partial charge in [0.25, 0.3) is 0 Å². The van der Waals surface area contributed by atoms with Crippen molar-refractivity contribution in [1.82, 2.24) is 0 Å². The molecule has 2 rings (SSSR count). The second-order valence-electron chi connectivity index (χ2n) is 4.78. The maximum Gasteiger partial charge on any atom is 0.165 e. The quantitative estimate of drug-likeness (QED) is 0.830. The molecule has 0 spiro atoms. The average Bonchev–Trinajstić information content (AvgIpc) is 2.41. The Morgan fingerprint density at radius 1 is 1.47 bits per heavy atom. The Kier molecular flexibility index (Phi) is 5.14. The van der Waals surface area contributed by atoms with Gasteiger partial charge in [-0.2, -0.15) is 11.8 Å². The highest BCUT2D eigenvalue weighted by atomic mass is 32.2. The number of thioether (sulfide) groups is 1. The molecule has 4 heteroatoms. The number of carbonyl (C=O) groups is 1. The summed E-state index contributed by atoms with van der Waals surface area (Å²) >= 11 is 1.92. The Morgan fingerprint density at radius 3 is 2.95 bits per heavy atom. The summed E-state index contributed by atoms with van der Waals surface area (Å²) in [5.41, 5.74) is 0.919. The maximum atomic E-state index is 11.4. The van der Waals surface area contributed by atoms with Crippen LogP contribution in [0.25, 0.3) is 0 Å². The van der Waals surface area contributed by atoms with Gasteiger partial charge in [-0.25, -0.2) is 0 Å². The molecule has 1 aliphatic rings. The first-order chi connectivity index (χ1) is 9.20. The number of para-hydroxylation sites is 1. The Bertz CT molecular complexity index is 439. The number of carbonyl (C=O) groups excluding carboxylic acids is 1. The fourth-order valence-corrected chi connectivity index (χ4v) is 3.27. The van der Waals surface area contributed by atoms with Gasteiger partial charge in [-0.15, -0.1) is 0 Å². The van der Waals surface area contributed by atoms with Crippen LogP contribution in [-0.2, 0) is 11.2 Å². The van der Waals surface area contributed by atoms with Crippen molar-refractivity contribution >= 4 is 17.5 Å². The zero-order chi connectivity index (χ0) is 13.7. The lowest BCUT2D eigenvalue weighted by molar-refractivity contribution is -0.116. The van der Waals surface area contributed by atoms with Crippen molar-refractivity contribution < 1.29 is 14.3 Å². The topological polar surface area (TPSA) is 35.5 Å². The van der Waals surface area contributed by atoms with Crippen LogP contribution in [0.3, 0.4) is 0 Å². The van der Waals surface area contributed by atoms with Crippen LogP contribution in [-0.4, -0.2) is 30.5 Å². The van der Waals surface area contributed by atoms with Gasteiger partial charge >= 0.3 is 0 Å². The Labute approximate surface area is 118 Å². The monoisotopic (exact) mass is 280 g/mol. The molecule has 1 aromatic rings. The van der Waals surface area contributed by atoms with Crippen LogP contribution in [0.2, 0.25) is 0 Å². The smallest absolute Gasteiger partial charge is 0.165 e. The minimum Gasteiger partial charge on any atom is -0.493 e. The summed E-state index contributed by atoms with van der Waals surface area (Å²) in [5.74, 6) is 3.82. The van der Waals surface area contributed by atoms with Crippen LogP contribution in [0, 0.1) is 0 Å². The molecular formula is C15H20O3S. The highest BCUT2D eigenvalue weighted by Gasteiger charge is 2.20. The van der Waals surface area contributed by atoms with E-state index < -0.39 is 0 Å². The summed E-state index contributed by atoms with van der Waals surface area (Å²) < 4.78 is 11.5. The van der Waals surface area contributed by atoms with E-state index in [9.17, 15) is 4.79 Å². The van der Waals surface area contributed by atoms with E-state index in [1.807, 2.05) is 30.0 Å². The summed E-state index contributed by atoms with van der Waals surface area (Å²) in [5, 5.41) is 0. The van der Waals surface area contributed by atoms with Gasteiger partial charge in [0.15, 0.2) is 11.5 Å². The average molecular weight is 280 g/mol. The third-order valence-electron chi connectivity index (χ3n) is 3.12. The molecule has 1 fully saturated rings. The highest BCUT2D eigenvalue weighted by molar-refractivity contribution is 7.99. The van der Waals surface area contributed by atoms with Crippen molar-refractivity contribution in [3.05, 3.63) is 23.8 Å². The molecular weight excluding hydrogens is 260 g/mol. The Morgan fingerprint density at radius 2 is 2.32 bits per heavy atom. The summed E-state index contributed by atoms with van der Waals surface area (Å²) in [6.45, 7) is 1.60. The number of ketones is 1. The molecule has 1 unspecified atom stereocenters. The van der Waals surface area contributed by atoms with Gasteiger partial charge in [-0.1, -0.05) is 12.1 Å². The van der Waals surface area contributed by atoms with Crippen LogP contribution in [0.4, 0.5) is 0 Å². The van der Waals surface area contributed by atoms with Crippen LogP contribution >= 0.6 is 11.8 Å². The summed E-state index contributed by atoms with van der Waals surface area (Å²) in [6.07, 6.45) is 2.88. The number of methoxy groups -OCH3 is 1. The second-order valence-corrected chi connectivity index (χ2v) is 5.93. The maximum absolute atomic E-state index is 11.4.